The van der Waals surface area contributed by atoms with Crippen LogP contribution in [0.25, 0.3) is 0 Å². The molecule has 1 aromatic heterocycles. The molecule has 4 rings (SSSR count). The van der Waals surface area contributed by atoms with Gasteiger partial charge in [0.15, 0.2) is 5.72 Å². The van der Waals surface area contributed by atoms with Gasteiger partial charge in [-0.2, -0.15) is 5.10 Å². The van der Waals surface area contributed by atoms with E-state index in [0.29, 0.717) is 0 Å². The highest BCUT2D eigenvalue weighted by molar-refractivity contribution is 7.12. The lowest BCUT2D eigenvalue weighted by Gasteiger charge is -2.45. The van der Waals surface area contributed by atoms with Crippen LogP contribution < -0.4 is 4.74 Å². The maximum atomic E-state index is 6.27. The summed E-state index contributed by atoms with van der Waals surface area (Å²) in [7, 11) is 0. The van der Waals surface area contributed by atoms with Crippen LogP contribution in [0.3, 0.4) is 0 Å². The lowest BCUT2D eigenvalue weighted by atomic mass is 9.96. The number of rotatable bonds is 2. The molecule has 2 aliphatic rings. The van der Waals surface area contributed by atoms with Gasteiger partial charge in [-0.1, -0.05) is 24.6 Å². The Hall–Kier alpha value is -1.52. The maximum Gasteiger partial charge on any atom is 0.195 e. The van der Waals surface area contributed by atoms with Crippen LogP contribution in [0, 0.1) is 0 Å². The van der Waals surface area contributed by atoms with Gasteiger partial charge in [0, 0.05) is 23.4 Å². The number of hydrogen-bond acceptors (Lipinski definition) is 4. The van der Waals surface area contributed by atoms with E-state index >= 15 is 0 Å². The zero-order valence-corrected chi connectivity index (χ0v) is 14.1. The van der Waals surface area contributed by atoms with E-state index in [4.69, 9.17) is 21.4 Å². The van der Waals surface area contributed by atoms with Crippen LogP contribution in [0.4, 0.5) is 0 Å². The molecule has 114 valence electrons. The minimum atomic E-state index is -0.412. The van der Waals surface area contributed by atoms with Crippen molar-refractivity contribution >= 4 is 28.6 Å². The zero-order chi connectivity index (χ0) is 15.3. The van der Waals surface area contributed by atoms with Crippen molar-refractivity contribution in [3.8, 4) is 5.75 Å². The molecule has 2 atom stereocenters. The van der Waals surface area contributed by atoms with Gasteiger partial charge >= 0.3 is 0 Å². The molecule has 0 radical (unpaired) electrons. The zero-order valence-electron chi connectivity index (χ0n) is 12.5. The predicted octanol–water partition coefficient (Wildman–Crippen LogP) is 5.07. The van der Waals surface area contributed by atoms with Gasteiger partial charge in [-0.05, 0) is 36.6 Å². The molecular weight excluding hydrogens is 316 g/mol. The third kappa shape index (κ3) is 2.05. The number of benzene rings is 1. The normalized spacial score (nSPS) is 26.2. The molecule has 0 saturated heterocycles. The van der Waals surface area contributed by atoms with E-state index in [1.165, 1.54) is 4.88 Å². The first-order valence-electron chi connectivity index (χ1n) is 7.50. The van der Waals surface area contributed by atoms with Gasteiger partial charge in [0.1, 0.15) is 5.75 Å². The minimum Gasteiger partial charge on any atom is -0.466 e. The number of ether oxygens (including phenoxy) is 1. The fourth-order valence-corrected chi connectivity index (χ4v) is 4.07. The number of nitrogens with zero attached hydrogens (tertiary/aromatic N) is 2. The highest BCUT2D eigenvalue weighted by Gasteiger charge is 2.46. The Morgan fingerprint density at radius 1 is 1.45 bits per heavy atom. The first-order valence-corrected chi connectivity index (χ1v) is 8.75. The van der Waals surface area contributed by atoms with E-state index in [1.807, 2.05) is 18.2 Å². The molecule has 0 N–H and O–H groups in total. The van der Waals surface area contributed by atoms with Gasteiger partial charge in [-0.25, -0.2) is 5.01 Å². The van der Waals surface area contributed by atoms with Crippen molar-refractivity contribution in [2.24, 2.45) is 5.10 Å². The van der Waals surface area contributed by atoms with Crippen molar-refractivity contribution in [1.29, 1.82) is 0 Å². The quantitative estimate of drug-likeness (QED) is 0.766. The van der Waals surface area contributed by atoms with Crippen molar-refractivity contribution in [2.75, 3.05) is 0 Å². The van der Waals surface area contributed by atoms with E-state index in [9.17, 15) is 0 Å². The average molecular weight is 333 g/mol. The summed E-state index contributed by atoms with van der Waals surface area (Å²) in [5, 5.41) is 9.86. The van der Waals surface area contributed by atoms with Crippen molar-refractivity contribution in [3.63, 3.8) is 0 Å². The molecule has 0 fully saturated rings. The second-order valence-electron chi connectivity index (χ2n) is 5.90. The second-order valence-corrected chi connectivity index (χ2v) is 7.29. The summed E-state index contributed by atoms with van der Waals surface area (Å²) in [6.45, 7) is 4.25. The van der Waals surface area contributed by atoms with Crippen LogP contribution in [0.5, 0.6) is 5.75 Å². The summed E-state index contributed by atoms with van der Waals surface area (Å²) >= 11 is 7.93. The van der Waals surface area contributed by atoms with Crippen molar-refractivity contribution in [3.05, 3.63) is 51.2 Å². The Morgan fingerprint density at radius 3 is 3.05 bits per heavy atom. The molecule has 3 heterocycles. The van der Waals surface area contributed by atoms with Gasteiger partial charge in [-0.15, -0.1) is 11.3 Å². The van der Waals surface area contributed by atoms with Crippen molar-refractivity contribution in [1.82, 2.24) is 5.01 Å². The molecule has 2 aliphatic heterocycles. The Balaban J connectivity index is 1.81. The SMILES string of the molecule is CCC1(C)Oc2ccc(Cl)cc2C2CC(c3cccs3)=NN21. The largest absolute Gasteiger partial charge is 0.466 e. The second kappa shape index (κ2) is 5.00. The van der Waals surface area contributed by atoms with Gasteiger partial charge in [-0.3, -0.25) is 0 Å². The Kier molecular flexibility index (Phi) is 3.20. The predicted molar refractivity (Wildman–Crippen MR) is 90.8 cm³/mol. The summed E-state index contributed by atoms with van der Waals surface area (Å²) in [5.41, 5.74) is 1.86. The first kappa shape index (κ1) is 14.1. The lowest BCUT2D eigenvalue weighted by molar-refractivity contribution is -0.108. The molecule has 0 bridgehead atoms. The summed E-state index contributed by atoms with van der Waals surface area (Å²) in [6.07, 6.45) is 1.76. The van der Waals surface area contributed by atoms with Crippen LogP contribution in [0.1, 0.15) is 43.2 Å². The third-order valence-corrected chi connectivity index (χ3v) is 5.67. The molecular formula is C17H17ClN2OS. The molecule has 5 heteroatoms. The molecule has 22 heavy (non-hydrogen) atoms. The average Bonchev–Trinajstić information content (AvgIpc) is 3.17. The molecule has 2 unspecified atom stereocenters. The molecule has 0 saturated carbocycles. The molecule has 0 aliphatic carbocycles. The third-order valence-electron chi connectivity index (χ3n) is 4.52. The van der Waals surface area contributed by atoms with Gasteiger partial charge in [0.25, 0.3) is 0 Å². The van der Waals surface area contributed by atoms with Crippen molar-refractivity contribution in [2.45, 2.75) is 38.5 Å². The molecule has 1 aromatic carbocycles. The maximum absolute atomic E-state index is 6.27. The van der Waals surface area contributed by atoms with Gasteiger partial charge in [0.05, 0.1) is 16.6 Å². The van der Waals surface area contributed by atoms with Crippen LogP contribution in [0.2, 0.25) is 5.02 Å². The molecule has 0 amide bonds. The van der Waals surface area contributed by atoms with Gasteiger partial charge in [0.2, 0.25) is 0 Å². The van der Waals surface area contributed by atoms with Crippen LogP contribution in [-0.4, -0.2) is 16.4 Å². The Labute approximate surface area is 139 Å². The Morgan fingerprint density at radius 2 is 2.32 bits per heavy atom. The fraction of sp³-hybridized carbons (Fsp3) is 0.353. The lowest BCUT2D eigenvalue weighted by Crippen LogP contribution is -2.50. The number of fused-ring (bicyclic) bond motifs is 3. The van der Waals surface area contributed by atoms with E-state index < -0.39 is 5.72 Å². The summed E-state index contributed by atoms with van der Waals surface area (Å²) in [6, 6.07) is 10.3. The molecule has 2 aromatic rings. The molecule has 3 nitrogen and oxygen atoms in total. The van der Waals surface area contributed by atoms with E-state index in [0.717, 1.165) is 34.9 Å². The van der Waals surface area contributed by atoms with E-state index in [2.05, 4.69) is 36.4 Å². The number of thiophene rings is 1. The fourth-order valence-electron chi connectivity index (χ4n) is 3.17. The summed E-state index contributed by atoms with van der Waals surface area (Å²) < 4.78 is 6.27. The number of halogens is 1. The monoisotopic (exact) mass is 332 g/mol. The van der Waals surface area contributed by atoms with E-state index in [1.54, 1.807) is 11.3 Å². The van der Waals surface area contributed by atoms with E-state index in [-0.39, 0.29) is 6.04 Å². The first-order chi connectivity index (χ1) is 10.6. The van der Waals surface area contributed by atoms with Crippen LogP contribution in [-0.2, 0) is 0 Å². The topological polar surface area (TPSA) is 24.8 Å². The Bertz CT molecular complexity index is 743. The highest BCUT2D eigenvalue weighted by Crippen LogP contribution is 2.48. The van der Waals surface area contributed by atoms with Crippen LogP contribution in [0.15, 0.2) is 40.8 Å². The highest BCUT2D eigenvalue weighted by atomic mass is 35.5. The van der Waals surface area contributed by atoms with Crippen LogP contribution >= 0.6 is 22.9 Å². The smallest absolute Gasteiger partial charge is 0.195 e. The van der Waals surface area contributed by atoms with Gasteiger partial charge < -0.3 is 4.74 Å². The summed E-state index contributed by atoms with van der Waals surface area (Å²) in [5.74, 6) is 0.928. The van der Waals surface area contributed by atoms with Crippen molar-refractivity contribution < 1.29 is 4.74 Å². The number of hydrazone groups is 1. The molecule has 0 spiro atoms. The minimum absolute atomic E-state index is 0.199. The summed E-state index contributed by atoms with van der Waals surface area (Å²) in [4.78, 5) is 1.23. The standard InChI is InChI=1S/C17H17ClN2OS/c1-3-17(2)20-14(10-13(19-20)16-5-4-8-22-16)12-9-11(18)6-7-15(12)21-17/h4-9,14H,3,10H2,1-2H3. The number of hydrogen-bond donors (Lipinski definition) is 0.